The van der Waals surface area contributed by atoms with Crippen molar-refractivity contribution in [1.82, 2.24) is 5.32 Å². The summed E-state index contributed by atoms with van der Waals surface area (Å²) in [7, 11) is 0. The summed E-state index contributed by atoms with van der Waals surface area (Å²) in [5, 5.41) is 43.3. The Bertz CT molecular complexity index is 1450. The van der Waals surface area contributed by atoms with Crippen LogP contribution in [0.1, 0.15) is 55.7 Å². The van der Waals surface area contributed by atoms with Crippen LogP contribution in [0.15, 0.2) is 72.8 Å². The Labute approximate surface area is 281 Å². The average molecular weight is 695 g/mol. The van der Waals surface area contributed by atoms with Gasteiger partial charge in [0.25, 0.3) is 5.09 Å². The van der Waals surface area contributed by atoms with Crippen molar-refractivity contribution < 1.29 is 57.5 Å². The molecule has 1 fully saturated rings. The molecule has 0 spiro atoms. The number of allylic oxidation sites excluding steroid dienone is 2. The number of hydrogen-bond donors (Lipinski definition) is 4. The maximum Gasteiger partial charge on any atom is 0.416 e. The minimum atomic E-state index is -4.52. The van der Waals surface area contributed by atoms with Gasteiger partial charge < -0.3 is 34.9 Å². The first-order valence-corrected chi connectivity index (χ1v) is 15.7. The largest absolute Gasteiger partial charge is 0.491 e. The second-order valence-corrected chi connectivity index (χ2v) is 11.7. The Morgan fingerprint density at radius 2 is 1.80 bits per heavy atom. The molecule has 1 aliphatic rings. The third-order valence-electron chi connectivity index (χ3n) is 7.84. The van der Waals surface area contributed by atoms with Gasteiger partial charge in [0.15, 0.2) is 0 Å². The van der Waals surface area contributed by atoms with Crippen LogP contribution < -0.4 is 10.1 Å². The Hall–Kier alpha value is -4.47. The van der Waals surface area contributed by atoms with E-state index in [-0.39, 0.29) is 50.2 Å². The van der Waals surface area contributed by atoms with E-state index in [1.54, 1.807) is 30.3 Å². The number of nitrogens with zero attached hydrogens (tertiary/aromatic N) is 1. The van der Waals surface area contributed by atoms with Crippen molar-refractivity contribution in [1.29, 1.82) is 0 Å². The zero-order valence-corrected chi connectivity index (χ0v) is 26.8. The Balaban J connectivity index is 1.36. The molecule has 1 amide bonds. The standard InChI is InChI=1S/C34H41F3N2O10/c1-22(33(44)48-19-23-8-6-9-24(16-23)20-49-39(45)46)38-32(43)13-5-3-2-4-12-28-29(31(42)18-30(28)41)15-14-26(40)21-47-27-11-7-10-25(17-27)34(35,36)37/h2,4,6-11,14-17,22,26,28-31,40-42H,3,5,12-13,18-21H2,1H3,(H,38,43)/b4-2-,15-14+/t22?,26-,28-,29-,30+,31-/m1/s1. The second-order valence-electron chi connectivity index (χ2n) is 11.7. The summed E-state index contributed by atoms with van der Waals surface area (Å²) in [5.74, 6) is -1.84. The van der Waals surface area contributed by atoms with Crippen molar-refractivity contribution in [3.63, 3.8) is 0 Å². The van der Waals surface area contributed by atoms with Gasteiger partial charge in [0.1, 0.15) is 37.7 Å². The summed E-state index contributed by atoms with van der Waals surface area (Å²) in [4.78, 5) is 39.3. The van der Waals surface area contributed by atoms with E-state index < -0.39 is 53.1 Å². The van der Waals surface area contributed by atoms with E-state index >= 15 is 0 Å². The molecule has 0 heterocycles. The van der Waals surface area contributed by atoms with Crippen LogP contribution in [-0.4, -0.2) is 63.2 Å². The zero-order valence-electron chi connectivity index (χ0n) is 26.8. The summed E-state index contributed by atoms with van der Waals surface area (Å²) in [5.41, 5.74) is 0.269. The molecule has 15 heteroatoms. The molecule has 2 aromatic rings. The van der Waals surface area contributed by atoms with Crippen LogP contribution in [0.2, 0.25) is 0 Å². The van der Waals surface area contributed by atoms with E-state index in [9.17, 15) is 48.2 Å². The van der Waals surface area contributed by atoms with Crippen LogP contribution in [0.25, 0.3) is 0 Å². The lowest BCUT2D eigenvalue weighted by molar-refractivity contribution is -0.763. The van der Waals surface area contributed by atoms with Gasteiger partial charge in [-0.05, 0) is 61.4 Å². The van der Waals surface area contributed by atoms with Gasteiger partial charge >= 0.3 is 12.1 Å². The van der Waals surface area contributed by atoms with Crippen molar-refractivity contribution in [2.45, 2.75) is 82.8 Å². The number of unbranched alkanes of at least 4 members (excludes halogenated alkanes) is 1. The number of nitrogens with one attached hydrogen (secondary N) is 1. The predicted molar refractivity (Wildman–Crippen MR) is 169 cm³/mol. The molecule has 0 aliphatic heterocycles. The number of carbonyl (C=O) groups excluding carboxylic acids is 2. The van der Waals surface area contributed by atoms with Gasteiger partial charge in [-0.3, -0.25) is 4.79 Å². The van der Waals surface area contributed by atoms with Crippen LogP contribution in [0.3, 0.4) is 0 Å². The molecular formula is C34H41F3N2O10. The number of halogens is 3. The lowest BCUT2D eigenvalue weighted by Gasteiger charge is -2.19. The molecule has 1 aliphatic carbocycles. The minimum Gasteiger partial charge on any atom is -0.491 e. The molecule has 268 valence electrons. The van der Waals surface area contributed by atoms with Gasteiger partial charge in [0.05, 0.1) is 17.8 Å². The fourth-order valence-corrected chi connectivity index (χ4v) is 5.30. The number of aliphatic hydroxyl groups excluding tert-OH is 3. The Morgan fingerprint density at radius 1 is 1.08 bits per heavy atom. The molecule has 49 heavy (non-hydrogen) atoms. The summed E-state index contributed by atoms with van der Waals surface area (Å²) in [6.45, 7) is 0.871. The minimum absolute atomic E-state index is 0.0450. The number of benzene rings is 2. The number of ether oxygens (including phenoxy) is 2. The highest BCUT2D eigenvalue weighted by Gasteiger charge is 2.39. The zero-order chi connectivity index (χ0) is 36.0. The van der Waals surface area contributed by atoms with Gasteiger partial charge in [-0.15, -0.1) is 10.1 Å². The van der Waals surface area contributed by atoms with Gasteiger partial charge in [-0.1, -0.05) is 54.6 Å². The SMILES string of the molecule is CC(NC(=O)CCC/C=C\C[C@@H]1[C@@H](/C=C/[C@@H](O)COc2cccc(C(F)(F)F)c2)[C@H](O)C[C@@H]1O)C(=O)OCc1cccc(CO[N+](=O)[O-])c1. The second kappa shape index (κ2) is 18.9. The van der Waals surface area contributed by atoms with Gasteiger partial charge in [0.2, 0.25) is 5.91 Å². The first kappa shape index (κ1) is 39.0. The third-order valence-corrected chi connectivity index (χ3v) is 7.84. The smallest absolute Gasteiger partial charge is 0.416 e. The fourth-order valence-electron chi connectivity index (χ4n) is 5.30. The number of aliphatic hydroxyl groups is 3. The maximum atomic E-state index is 12.9. The van der Waals surface area contributed by atoms with E-state index in [4.69, 9.17) is 9.47 Å². The number of hydrogen-bond acceptors (Lipinski definition) is 10. The van der Waals surface area contributed by atoms with Crippen LogP contribution >= 0.6 is 0 Å². The predicted octanol–water partition coefficient (Wildman–Crippen LogP) is 4.43. The maximum absolute atomic E-state index is 12.9. The van der Waals surface area contributed by atoms with Crippen LogP contribution in [0, 0.1) is 22.0 Å². The molecule has 12 nitrogen and oxygen atoms in total. The van der Waals surface area contributed by atoms with Gasteiger partial charge in [0, 0.05) is 18.8 Å². The molecule has 1 saturated carbocycles. The van der Waals surface area contributed by atoms with E-state index in [1.165, 1.54) is 25.1 Å². The Morgan fingerprint density at radius 3 is 2.51 bits per heavy atom. The molecule has 6 atom stereocenters. The number of alkyl halides is 3. The molecule has 0 radical (unpaired) electrons. The molecule has 0 aromatic heterocycles. The number of esters is 1. The van der Waals surface area contributed by atoms with Crippen molar-refractivity contribution in [3.05, 3.63) is 99.6 Å². The molecule has 3 rings (SSSR count). The normalized spacial score (nSPS) is 20.6. The summed E-state index contributed by atoms with van der Waals surface area (Å²) < 4.78 is 49.2. The van der Waals surface area contributed by atoms with Crippen molar-refractivity contribution >= 4 is 11.9 Å². The van der Waals surface area contributed by atoms with E-state index in [0.717, 1.165) is 12.1 Å². The average Bonchev–Trinajstić information content (AvgIpc) is 3.32. The van der Waals surface area contributed by atoms with Crippen molar-refractivity contribution in [2.24, 2.45) is 11.8 Å². The number of carbonyl (C=O) groups is 2. The fraction of sp³-hybridized carbons (Fsp3) is 0.471. The van der Waals surface area contributed by atoms with E-state index in [1.807, 2.05) is 12.2 Å². The lowest BCUT2D eigenvalue weighted by Crippen LogP contribution is -2.39. The highest BCUT2D eigenvalue weighted by Crippen LogP contribution is 2.36. The van der Waals surface area contributed by atoms with E-state index in [0.29, 0.717) is 30.4 Å². The van der Waals surface area contributed by atoms with Crippen molar-refractivity contribution in [3.8, 4) is 5.75 Å². The third kappa shape index (κ3) is 13.5. The topological polar surface area (TPSA) is 178 Å². The summed E-state index contributed by atoms with van der Waals surface area (Å²) in [6.07, 6.45) is 1.11. The van der Waals surface area contributed by atoms with Gasteiger partial charge in [-0.2, -0.15) is 13.2 Å². The van der Waals surface area contributed by atoms with Crippen LogP contribution in [0.4, 0.5) is 13.2 Å². The highest BCUT2D eigenvalue weighted by atomic mass is 19.4. The summed E-state index contributed by atoms with van der Waals surface area (Å²) >= 11 is 0. The first-order valence-electron chi connectivity index (χ1n) is 15.7. The van der Waals surface area contributed by atoms with Crippen LogP contribution in [-0.2, 0) is 38.6 Å². The Kier molecular flexibility index (Phi) is 15.0. The molecular weight excluding hydrogens is 653 g/mol. The monoisotopic (exact) mass is 694 g/mol. The molecule has 1 unspecified atom stereocenters. The van der Waals surface area contributed by atoms with Crippen molar-refractivity contribution in [2.75, 3.05) is 6.61 Å². The first-order chi connectivity index (χ1) is 23.2. The molecule has 4 N–H and O–H groups in total. The summed E-state index contributed by atoms with van der Waals surface area (Å²) in [6, 6.07) is 9.99. The number of rotatable bonds is 18. The highest BCUT2D eigenvalue weighted by molar-refractivity contribution is 5.84. The quantitative estimate of drug-likeness (QED) is 0.0574. The lowest BCUT2D eigenvalue weighted by atomic mass is 9.89. The molecule has 0 bridgehead atoms. The van der Waals surface area contributed by atoms with Gasteiger partial charge in [-0.25, -0.2) is 4.79 Å². The van der Waals surface area contributed by atoms with Crippen LogP contribution in [0.5, 0.6) is 5.75 Å². The molecule has 2 aromatic carbocycles. The number of amides is 1. The molecule has 0 saturated heterocycles. The van der Waals surface area contributed by atoms with E-state index in [2.05, 4.69) is 10.2 Å².